The van der Waals surface area contributed by atoms with Gasteiger partial charge in [0.15, 0.2) is 0 Å². The number of hydrogen-bond donors (Lipinski definition) is 0. The first-order valence-electron chi connectivity index (χ1n) is 5.73. The third-order valence-electron chi connectivity index (χ3n) is 3.20. The molecule has 0 N–H and O–H groups in total. The maximum absolute atomic E-state index is 12.2. The summed E-state index contributed by atoms with van der Waals surface area (Å²) in [6.45, 7) is 3.61. The molecule has 2 rings (SSSR count). The molecule has 0 radical (unpaired) electrons. The topological polar surface area (TPSA) is 20.3 Å². The Balaban J connectivity index is 2.12. The predicted molar refractivity (Wildman–Crippen MR) is 73.6 cm³/mol. The molecule has 1 unspecified atom stereocenters. The van der Waals surface area contributed by atoms with Crippen molar-refractivity contribution in [3.05, 3.63) is 33.8 Å². The second-order valence-electron chi connectivity index (χ2n) is 4.52. The molecule has 1 aromatic rings. The van der Waals surface area contributed by atoms with Crippen LogP contribution in [-0.2, 0) is 0 Å². The molecule has 1 aliphatic rings. The Morgan fingerprint density at radius 3 is 2.94 bits per heavy atom. The molecule has 0 saturated carbocycles. The third-order valence-corrected chi connectivity index (χ3v) is 4.52. The minimum atomic E-state index is 0.119. The van der Waals surface area contributed by atoms with Gasteiger partial charge in [-0.2, -0.15) is 0 Å². The molecular weight excluding hydrogens is 302 g/mol. The number of carbonyl (C=O) groups is 1. The molecule has 17 heavy (non-hydrogen) atoms. The Bertz CT molecular complexity index is 435. The molecule has 1 saturated heterocycles. The van der Waals surface area contributed by atoms with Gasteiger partial charge < -0.3 is 4.90 Å². The molecule has 1 heterocycles. The van der Waals surface area contributed by atoms with Crippen LogP contribution in [0.3, 0.4) is 0 Å². The summed E-state index contributed by atoms with van der Waals surface area (Å²) in [7, 11) is 0. The van der Waals surface area contributed by atoms with Crippen LogP contribution in [0, 0.1) is 12.8 Å². The predicted octanol–water partition coefficient (Wildman–Crippen LogP) is 3.46. The van der Waals surface area contributed by atoms with E-state index in [2.05, 4.69) is 15.9 Å². The van der Waals surface area contributed by atoms with Gasteiger partial charge in [-0.15, -0.1) is 11.6 Å². The van der Waals surface area contributed by atoms with Gasteiger partial charge in [0, 0.05) is 29.0 Å². The van der Waals surface area contributed by atoms with Crippen molar-refractivity contribution < 1.29 is 4.79 Å². The first-order valence-corrected chi connectivity index (χ1v) is 7.06. The third kappa shape index (κ3) is 2.83. The molecule has 1 amide bonds. The molecule has 4 heteroatoms. The van der Waals surface area contributed by atoms with E-state index in [4.69, 9.17) is 11.6 Å². The van der Waals surface area contributed by atoms with Crippen LogP contribution >= 0.6 is 27.5 Å². The first kappa shape index (κ1) is 12.9. The molecule has 1 aromatic carbocycles. The van der Waals surface area contributed by atoms with Crippen LogP contribution in [-0.4, -0.2) is 29.8 Å². The molecule has 1 atom stereocenters. The van der Waals surface area contributed by atoms with E-state index in [1.54, 1.807) is 0 Å². The highest BCUT2D eigenvalue weighted by Crippen LogP contribution is 2.22. The van der Waals surface area contributed by atoms with Gasteiger partial charge in [0.05, 0.1) is 0 Å². The quantitative estimate of drug-likeness (QED) is 0.765. The number of halogens is 2. The summed E-state index contributed by atoms with van der Waals surface area (Å²) < 4.78 is 1.04. The summed E-state index contributed by atoms with van der Waals surface area (Å²) >= 11 is 9.27. The smallest absolute Gasteiger partial charge is 0.253 e. The van der Waals surface area contributed by atoms with Gasteiger partial charge in [0.25, 0.3) is 5.91 Å². The Hall–Kier alpha value is -0.540. The molecular formula is C13H15BrClNO. The van der Waals surface area contributed by atoms with Gasteiger partial charge in [-0.1, -0.05) is 15.9 Å². The Morgan fingerprint density at radius 1 is 1.59 bits per heavy atom. The highest BCUT2D eigenvalue weighted by atomic mass is 79.9. The summed E-state index contributed by atoms with van der Waals surface area (Å²) in [5.74, 6) is 1.22. The first-order chi connectivity index (χ1) is 8.11. The SMILES string of the molecule is Cc1cc(C(=O)N2CCC(CCl)C2)ccc1Br. The van der Waals surface area contributed by atoms with Crippen molar-refractivity contribution in [2.24, 2.45) is 5.92 Å². The lowest BCUT2D eigenvalue weighted by atomic mass is 10.1. The number of benzene rings is 1. The van der Waals surface area contributed by atoms with Gasteiger partial charge in [-0.3, -0.25) is 4.79 Å². The lowest BCUT2D eigenvalue weighted by molar-refractivity contribution is 0.0788. The maximum atomic E-state index is 12.2. The average Bonchev–Trinajstić information content (AvgIpc) is 2.80. The molecule has 0 spiro atoms. The van der Waals surface area contributed by atoms with Crippen LogP contribution in [0.25, 0.3) is 0 Å². The minimum absolute atomic E-state index is 0.119. The van der Waals surface area contributed by atoms with Gasteiger partial charge >= 0.3 is 0 Å². The second-order valence-corrected chi connectivity index (χ2v) is 5.69. The van der Waals surface area contributed by atoms with E-state index in [1.165, 1.54) is 0 Å². The van der Waals surface area contributed by atoms with Crippen LogP contribution in [0.4, 0.5) is 0 Å². The normalized spacial score (nSPS) is 19.7. The number of carbonyl (C=O) groups excluding carboxylic acids is 1. The summed E-state index contributed by atoms with van der Waals surface area (Å²) in [5, 5.41) is 0. The van der Waals surface area contributed by atoms with E-state index in [9.17, 15) is 4.79 Å². The van der Waals surface area contributed by atoms with E-state index in [0.29, 0.717) is 11.8 Å². The van der Waals surface area contributed by atoms with Crippen molar-refractivity contribution in [3.8, 4) is 0 Å². The van der Waals surface area contributed by atoms with Crippen LogP contribution in [0.15, 0.2) is 22.7 Å². The van der Waals surface area contributed by atoms with E-state index in [0.717, 1.165) is 35.1 Å². The van der Waals surface area contributed by atoms with Crippen molar-refractivity contribution in [2.45, 2.75) is 13.3 Å². The van der Waals surface area contributed by atoms with E-state index < -0.39 is 0 Å². The molecule has 0 bridgehead atoms. The number of alkyl halides is 1. The van der Waals surface area contributed by atoms with Crippen molar-refractivity contribution in [1.82, 2.24) is 4.90 Å². The average molecular weight is 317 g/mol. The molecule has 1 fully saturated rings. The van der Waals surface area contributed by atoms with Crippen molar-refractivity contribution >= 4 is 33.4 Å². The maximum Gasteiger partial charge on any atom is 0.253 e. The minimum Gasteiger partial charge on any atom is -0.338 e. The van der Waals surface area contributed by atoms with Gasteiger partial charge in [0.2, 0.25) is 0 Å². The van der Waals surface area contributed by atoms with Crippen LogP contribution in [0.2, 0.25) is 0 Å². The highest BCUT2D eigenvalue weighted by Gasteiger charge is 2.26. The number of likely N-dealkylation sites (tertiary alicyclic amines) is 1. The Labute approximate surface area is 115 Å². The Morgan fingerprint density at radius 2 is 2.35 bits per heavy atom. The highest BCUT2D eigenvalue weighted by molar-refractivity contribution is 9.10. The fourth-order valence-corrected chi connectivity index (χ4v) is 2.60. The summed E-state index contributed by atoms with van der Waals surface area (Å²) in [6, 6.07) is 5.73. The largest absolute Gasteiger partial charge is 0.338 e. The van der Waals surface area contributed by atoms with Crippen LogP contribution in [0.5, 0.6) is 0 Å². The van der Waals surface area contributed by atoms with E-state index >= 15 is 0 Å². The van der Waals surface area contributed by atoms with Crippen molar-refractivity contribution in [3.63, 3.8) is 0 Å². The number of amides is 1. The summed E-state index contributed by atoms with van der Waals surface area (Å²) in [5.41, 5.74) is 1.85. The standard InChI is InChI=1S/C13H15BrClNO/c1-9-6-11(2-3-12(9)14)13(17)16-5-4-10(7-15)8-16/h2-3,6,10H,4-5,7-8H2,1H3. The van der Waals surface area contributed by atoms with Gasteiger partial charge in [0.1, 0.15) is 0 Å². The Kier molecular flexibility index (Phi) is 4.10. The molecule has 92 valence electrons. The number of nitrogens with zero attached hydrogens (tertiary/aromatic N) is 1. The van der Waals surface area contributed by atoms with Crippen LogP contribution in [0.1, 0.15) is 22.3 Å². The lowest BCUT2D eigenvalue weighted by Gasteiger charge is -2.16. The zero-order chi connectivity index (χ0) is 12.4. The zero-order valence-electron chi connectivity index (χ0n) is 9.75. The zero-order valence-corrected chi connectivity index (χ0v) is 12.1. The monoisotopic (exact) mass is 315 g/mol. The fourth-order valence-electron chi connectivity index (χ4n) is 2.10. The summed E-state index contributed by atoms with van der Waals surface area (Å²) in [6.07, 6.45) is 1.02. The number of aryl methyl sites for hydroxylation is 1. The fraction of sp³-hybridized carbons (Fsp3) is 0.462. The molecule has 1 aliphatic heterocycles. The number of rotatable bonds is 2. The molecule has 0 aliphatic carbocycles. The molecule has 2 nitrogen and oxygen atoms in total. The van der Waals surface area contributed by atoms with Crippen molar-refractivity contribution in [1.29, 1.82) is 0 Å². The van der Waals surface area contributed by atoms with Gasteiger partial charge in [-0.05, 0) is 43.0 Å². The lowest BCUT2D eigenvalue weighted by Crippen LogP contribution is -2.28. The van der Waals surface area contributed by atoms with E-state index in [-0.39, 0.29) is 5.91 Å². The van der Waals surface area contributed by atoms with Crippen LogP contribution < -0.4 is 0 Å². The number of hydrogen-bond acceptors (Lipinski definition) is 1. The summed E-state index contributed by atoms with van der Waals surface area (Å²) in [4.78, 5) is 14.1. The van der Waals surface area contributed by atoms with Gasteiger partial charge in [-0.25, -0.2) is 0 Å². The molecule has 0 aromatic heterocycles. The van der Waals surface area contributed by atoms with E-state index in [1.807, 2.05) is 30.0 Å². The second kappa shape index (κ2) is 5.40. The van der Waals surface area contributed by atoms with Crippen molar-refractivity contribution in [2.75, 3.05) is 19.0 Å².